The summed E-state index contributed by atoms with van der Waals surface area (Å²) < 4.78 is 0. The van der Waals surface area contributed by atoms with Gasteiger partial charge in [-0.1, -0.05) is 66.7 Å². The molecular formula is C22H12N2O3. The van der Waals surface area contributed by atoms with Gasteiger partial charge in [-0.25, -0.2) is 0 Å². The Morgan fingerprint density at radius 2 is 1.48 bits per heavy atom. The molecule has 0 N–H and O–H groups in total. The molecule has 27 heavy (non-hydrogen) atoms. The van der Waals surface area contributed by atoms with Gasteiger partial charge in [-0.3, -0.25) is 14.9 Å². The number of carbonyl (C=O) groups excluding carboxylic acids is 1. The maximum Gasteiger partial charge on any atom is 0.277 e. The zero-order valence-electron chi connectivity index (χ0n) is 14.0. The molecule has 1 aliphatic carbocycles. The summed E-state index contributed by atoms with van der Waals surface area (Å²) in [6.07, 6.45) is 0. The molecule has 5 heteroatoms. The molecule has 0 fully saturated rings. The van der Waals surface area contributed by atoms with Gasteiger partial charge in [-0.05, 0) is 5.56 Å². The highest BCUT2D eigenvalue weighted by Crippen LogP contribution is 2.46. The third kappa shape index (κ3) is 2.52. The van der Waals surface area contributed by atoms with Crippen molar-refractivity contribution in [3.63, 3.8) is 0 Å². The lowest BCUT2D eigenvalue weighted by molar-refractivity contribution is -0.384. The SMILES string of the molecule is N#C/C(=C1/C(=O)c2ccccc2-c2c1cccc2[N+](=O)[O-])c1ccccc1. The number of Topliss-reactive ketones (excluding diaryl/α,β-unsaturated/α-hetero) is 1. The third-order valence-corrected chi connectivity index (χ3v) is 4.60. The molecule has 0 radical (unpaired) electrons. The molecule has 0 atom stereocenters. The van der Waals surface area contributed by atoms with Crippen molar-refractivity contribution >= 4 is 22.6 Å². The molecule has 3 aromatic rings. The van der Waals surface area contributed by atoms with E-state index in [1.165, 1.54) is 12.1 Å². The predicted molar refractivity (Wildman–Crippen MR) is 102 cm³/mol. The number of fused-ring (bicyclic) bond motifs is 3. The Kier molecular flexibility index (Phi) is 3.87. The van der Waals surface area contributed by atoms with Gasteiger partial charge in [0.2, 0.25) is 0 Å². The van der Waals surface area contributed by atoms with E-state index in [-0.39, 0.29) is 22.6 Å². The van der Waals surface area contributed by atoms with Gasteiger partial charge in [-0.2, -0.15) is 5.26 Å². The average Bonchev–Trinajstić information content (AvgIpc) is 2.71. The van der Waals surface area contributed by atoms with Gasteiger partial charge < -0.3 is 0 Å². The van der Waals surface area contributed by atoms with Gasteiger partial charge in [0.15, 0.2) is 5.78 Å². The number of ketones is 1. The maximum atomic E-state index is 13.3. The lowest BCUT2D eigenvalue weighted by Crippen LogP contribution is -2.14. The summed E-state index contributed by atoms with van der Waals surface area (Å²) in [4.78, 5) is 24.4. The molecule has 0 heterocycles. The monoisotopic (exact) mass is 352 g/mol. The lowest BCUT2D eigenvalue weighted by Gasteiger charge is -2.22. The number of nitro groups is 1. The highest BCUT2D eigenvalue weighted by Gasteiger charge is 2.34. The second-order valence-electron chi connectivity index (χ2n) is 6.06. The Morgan fingerprint density at radius 3 is 2.15 bits per heavy atom. The van der Waals surface area contributed by atoms with Crippen LogP contribution in [0, 0.1) is 21.4 Å². The van der Waals surface area contributed by atoms with Crippen molar-refractivity contribution in [2.75, 3.05) is 0 Å². The quantitative estimate of drug-likeness (QED) is 0.284. The summed E-state index contributed by atoms with van der Waals surface area (Å²) in [5, 5.41) is 21.4. The van der Waals surface area contributed by atoms with Crippen molar-refractivity contribution < 1.29 is 9.72 Å². The van der Waals surface area contributed by atoms with E-state index >= 15 is 0 Å². The van der Waals surface area contributed by atoms with Crippen LogP contribution in [0.3, 0.4) is 0 Å². The molecule has 0 saturated carbocycles. The molecule has 5 nitrogen and oxygen atoms in total. The zero-order valence-corrected chi connectivity index (χ0v) is 14.0. The van der Waals surface area contributed by atoms with E-state index in [2.05, 4.69) is 6.07 Å². The van der Waals surface area contributed by atoms with Gasteiger partial charge in [0, 0.05) is 28.3 Å². The minimum Gasteiger partial charge on any atom is -0.289 e. The topological polar surface area (TPSA) is 84.0 Å². The van der Waals surface area contributed by atoms with Crippen LogP contribution in [0.15, 0.2) is 72.8 Å². The smallest absolute Gasteiger partial charge is 0.277 e. The largest absolute Gasteiger partial charge is 0.289 e. The van der Waals surface area contributed by atoms with E-state index in [1.807, 2.05) is 6.07 Å². The van der Waals surface area contributed by atoms with E-state index in [4.69, 9.17) is 0 Å². The number of nitriles is 1. The third-order valence-electron chi connectivity index (χ3n) is 4.60. The second-order valence-corrected chi connectivity index (χ2v) is 6.06. The number of nitro benzene ring substituents is 1. The molecule has 0 unspecified atom stereocenters. The Hall–Kier alpha value is -4.04. The van der Waals surface area contributed by atoms with Crippen LogP contribution < -0.4 is 0 Å². The minimum absolute atomic E-state index is 0.0877. The van der Waals surface area contributed by atoms with Gasteiger partial charge in [0.25, 0.3) is 5.69 Å². The van der Waals surface area contributed by atoms with Crippen LogP contribution in [-0.4, -0.2) is 10.7 Å². The summed E-state index contributed by atoms with van der Waals surface area (Å²) in [7, 11) is 0. The highest BCUT2D eigenvalue weighted by molar-refractivity contribution is 6.40. The van der Waals surface area contributed by atoms with Crippen LogP contribution in [-0.2, 0) is 0 Å². The molecule has 1 aliphatic rings. The molecule has 0 saturated heterocycles. The van der Waals surface area contributed by atoms with Crippen LogP contribution in [0.4, 0.5) is 5.69 Å². The normalized spacial score (nSPS) is 14.0. The number of allylic oxidation sites excluding steroid dienone is 2. The standard InChI is InChI=1S/C22H12N2O3/c23-13-18(14-7-2-1-3-8-14)21-17-11-6-12-19(24(26)27)20(17)15-9-4-5-10-16(15)22(21)25/h1-12H/b21-18-. The summed E-state index contributed by atoms with van der Waals surface area (Å²) in [5.74, 6) is -0.306. The summed E-state index contributed by atoms with van der Waals surface area (Å²) in [6.45, 7) is 0. The number of nitrogens with zero attached hydrogens (tertiary/aromatic N) is 2. The fourth-order valence-corrected chi connectivity index (χ4v) is 3.46. The van der Waals surface area contributed by atoms with E-state index in [0.29, 0.717) is 27.8 Å². The number of carbonyl (C=O) groups is 1. The molecule has 0 aliphatic heterocycles. The van der Waals surface area contributed by atoms with Crippen LogP contribution in [0.1, 0.15) is 21.5 Å². The van der Waals surface area contributed by atoms with Crippen molar-refractivity contribution in [1.82, 2.24) is 0 Å². The van der Waals surface area contributed by atoms with Crippen molar-refractivity contribution in [1.29, 1.82) is 5.26 Å². The molecular weight excluding hydrogens is 340 g/mol. The Bertz CT molecular complexity index is 1170. The van der Waals surface area contributed by atoms with Gasteiger partial charge >= 0.3 is 0 Å². The van der Waals surface area contributed by atoms with E-state index < -0.39 is 4.92 Å². The zero-order chi connectivity index (χ0) is 19.0. The highest BCUT2D eigenvalue weighted by atomic mass is 16.6. The van der Waals surface area contributed by atoms with E-state index in [9.17, 15) is 20.2 Å². The lowest BCUT2D eigenvalue weighted by atomic mass is 9.78. The molecule has 4 rings (SSSR count). The first-order valence-electron chi connectivity index (χ1n) is 8.25. The van der Waals surface area contributed by atoms with Crippen LogP contribution >= 0.6 is 0 Å². The fraction of sp³-hybridized carbons (Fsp3) is 0. The molecule has 0 spiro atoms. The van der Waals surface area contributed by atoms with Crippen molar-refractivity contribution in [2.45, 2.75) is 0 Å². The van der Waals surface area contributed by atoms with Crippen molar-refractivity contribution in [2.24, 2.45) is 0 Å². The number of hydrogen-bond donors (Lipinski definition) is 0. The Morgan fingerprint density at radius 1 is 0.852 bits per heavy atom. The first kappa shape index (κ1) is 16.4. The number of hydrogen-bond acceptors (Lipinski definition) is 4. The predicted octanol–water partition coefficient (Wildman–Crippen LogP) is 4.89. The minimum atomic E-state index is -0.461. The first-order chi connectivity index (χ1) is 13.1. The Balaban J connectivity index is 2.16. The van der Waals surface area contributed by atoms with Crippen LogP contribution in [0.5, 0.6) is 0 Å². The van der Waals surface area contributed by atoms with E-state index in [0.717, 1.165) is 0 Å². The molecule has 0 bridgehead atoms. The Labute approximate surface area is 155 Å². The molecule has 3 aromatic carbocycles. The summed E-state index contributed by atoms with van der Waals surface area (Å²) in [6, 6.07) is 22.4. The second kappa shape index (κ2) is 6.36. The van der Waals surface area contributed by atoms with Crippen LogP contribution in [0.25, 0.3) is 22.3 Å². The summed E-state index contributed by atoms with van der Waals surface area (Å²) in [5.41, 5.74) is 2.56. The molecule has 0 aromatic heterocycles. The molecule has 128 valence electrons. The van der Waals surface area contributed by atoms with Crippen molar-refractivity contribution in [3.8, 4) is 17.2 Å². The number of benzene rings is 3. The number of rotatable bonds is 2. The maximum absolute atomic E-state index is 13.3. The van der Waals surface area contributed by atoms with Crippen LogP contribution in [0.2, 0.25) is 0 Å². The van der Waals surface area contributed by atoms with E-state index in [1.54, 1.807) is 54.6 Å². The van der Waals surface area contributed by atoms with Gasteiger partial charge in [0.1, 0.15) is 6.07 Å². The fourth-order valence-electron chi connectivity index (χ4n) is 3.46. The van der Waals surface area contributed by atoms with Crippen molar-refractivity contribution in [3.05, 3.63) is 99.6 Å². The molecule has 0 amide bonds. The van der Waals surface area contributed by atoms with Gasteiger partial charge in [-0.15, -0.1) is 0 Å². The summed E-state index contributed by atoms with van der Waals surface area (Å²) >= 11 is 0. The van der Waals surface area contributed by atoms with Gasteiger partial charge in [0.05, 0.1) is 16.1 Å². The average molecular weight is 352 g/mol. The first-order valence-corrected chi connectivity index (χ1v) is 8.25.